The molecule has 0 radical (unpaired) electrons. The highest BCUT2D eigenvalue weighted by Crippen LogP contribution is 2.23. The third-order valence-corrected chi connectivity index (χ3v) is 13.0. The third-order valence-electron chi connectivity index (χ3n) is 13.0. The van der Waals surface area contributed by atoms with E-state index in [2.05, 4.69) is 43.5 Å². The second-order valence-electron chi connectivity index (χ2n) is 19.3. The fourth-order valence-corrected chi connectivity index (χ4v) is 8.53. The highest BCUT2D eigenvalue weighted by molar-refractivity contribution is 5.76. The normalized spacial score (nSPS) is 19.8. The fourth-order valence-electron chi connectivity index (χ4n) is 8.53. The summed E-state index contributed by atoms with van der Waals surface area (Å²) in [6, 6.07) is -0.813. The monoisotopic (exact) mass is 950 g/mol. The van der Waals surface area contributed by atoms with Crippen LogP contribution in [0.1, 0.15) is 245 Å². The van der Waals surface area contributed by atoms with E-state index in [-0.39, 0.29) is 18.5 Å². The van der Waals surface area contributed by atoms with Gasteiger partial charge in [-0.05, 0) is 57.8 Å². The summed E-state index contributed by atoms with van der Waals surface area (Å²) in [5.41, 5.74) is 0. The molecule has 11 nitrogen and oxygen atoms in total. The van der Waals surface area contributed by atoms with Crippen LogP contribution in [-0.4, -0.2) is 100 Å². The van der Waals surface area contributed by atoms with Crippen LogP contribution >= 0.6 is 0 Å². The van der Waals surface area contributed by atoms with Crippen molar-refractivity contribution in [1.82, 2.24) is 5.32 Å². The molecule has 7 atom stereocenters. The zero-order chi connectivity index (χ0) is 48.8. The van der Waals surface area contributed by atoms with Crippen LogP contribution in [0.4, 0.5) is 0 Å². The van der Waals surface area contributed by atoms with Gasteiger partial charge in [-0.2, -0.15) is 0 Å². The summed E-state index contributed by atoms with van der Waals surface area (Å²) in [5, 5.41) is 54.1. The van der Waals surface area contributed by atoms with Crippen molar-refractivity contribution in [2.24, 2.45) is 0 Å². The number of carbonyl (C=O) groups is 2. The van der Waals surface area contributed by atoms with Gasteiger partial charge in [0.05, 0.1) is 32.0 Å². The Morgan fingerprint density at radius 1 is 0.552 bits per heavy atom. The van der Waals surface area contributed by atoms with Crippen LogP contribution in [0.5, 0.6) is 0 Å². The lowest BCUT2D eigenvalue weighted by atomic mass is 9.99. The fraction of sp³-hybridized carbons (Fsp3) is 0.857. The maximum Gasteiger partial charge on any atom is 0.305 e. The SMILES string of the molecule is CCC/C=C\C/C=C\CCCCCCCC(=O)OCCCCCCCCCCCCCCCCCCCC(=O)NC(COC1OC(CO)C(O)C(O)C1O)C(O)/C=C/CCCCCCCCC. The number of hydrogen-bond acceptors (Lipinski definition) is 10. The van der Waals surface area contributed by atoms with E-state index in [4.69, 9.17) is 14.2 Å². The van der Waals surface area contributed by atoms with Crippen molar-refractivity contribution in [3.63, 3.8) is 0 Å². The number of ether oxygens (including phenoxy) is 3. The summed E-state index contributed by atoms with van der Waals surface area (Å²) in [7, 11) is 0. The van der Waals surface area contributed by atoms with Crippen molar-refractivity contribution in [2.75, 3.05) is 19.8 Å². The first-order chi connectivity index (χ1) is 32.7. The molecular weight excluding hydrogens is 847 g/mol. The smallest absolute Gasteiger partial charge is 0.305 e. The van der Waals surface area contributed by atoms with Gasteiger partial charge in [-0.1, -0.05) is 211 Å². The molecule has 67 heavy (non-hydrogen) atoms. The lowest BCUT2D eigenvalue weighted by molar-refractivity contribution is -0.302. The number of aliphatic hydroxyl groups is 5. The van der Waals surface area contributed by atoms with Gasteiger partial charge in [0.15, 0.2) is 6.29 Å². The molecule has 0 bridgehead atoms. The summed E-state index contributed by atoms with van der Waals surface area (Å²) in [6.45, 7) is 4.22. The average molecular weight is 950 g/mol. The first-order valence-electron chi connectivity index (χ1n) is 27.8. The molecule has 1 amide bonds. The van der Waals surface area contributed by atoms with Crippen molar-refractivity contribution in [2.45, 2.75) is 288 Å². The van der Waals surface area contributed by atoms with Crippen LogP contribution in [0.3, 0.4) is 0 Å². The van der Waals surface area contributed by atoms with Crippen LogP contribution in [0.25, 0.3) is 0 Å². The molecule has 6 N–H and O–H groups in total. The molecule has 0 aromatic rings. The number of aliphatic hydroxyl groups excluding tert-OH is 5. The number of rotatable bonds is 47. The van der Waals surface area contributed by atoms with Gasteiger partial charge in [-0.3, -0.25) is 9.59 Å². The zero-order valence-corrected chi connectivity index (χ0v) is 42.9. The zero-order valence-electron chi connectivity index (χ0n) is 42.9. The second-order valence-corrected chi connectivity index (χ2v) is 19.3. The quantitative estimate of drug-likeness (QED) is 0.0196. The Morgan fingerprint density at radius 2 is 1.03 bits per heavy atom. The van der Waals surface area contributed by atoms with Crippen LogP contribution < -0.4 is 5.32 Å². The van der Waals surface area contributed by atoms with Gasteiger partial charge in [0, 0.05) is 12.8 Å². The molecule has 0 aromatic carbocycles. The predicted octanol–water partition coefficient (Wildman–Crippen LogP) is 11.9. The molecule has 1 aliphatic heterocycles. The van der Waals surface area contributed by atoms with Gasteiger partial charge in [0.2, 0.25) is 5.91 Å². The topological polar surface area (TPSA) is 175 Å². The number of hydrogen-bond donors (Lipinski definition) is 6. The Hall–Kier alpha value is -2.12. The molecular formula is C56H103NO10. The minimum absolute atomic E-state index is 0.0274. The lowest BCUT2D eigenvalue weighted by Crippen LogP contribution is -2.60. The minimum atomic E-state index is -1.57. The van der Waals surface area contributed by atoms with Crippen LogP contribution in [-0.2, 0) is 23.8 Å². The number of unbranched alkanes of at least 4 members (excludes halogenated alkanes) is 29. The number of carbonyl (C=O) groups excluding carboxylic acids is 2. The summed E-state index contributed by atoms with van der Waals surface area (Å²) < 4.78 is 16.6. The number of nitrogens with one attached hydrogen (secondary N) is 1. The lowest BCUT2D eigenvalue weighted by Gasteiger charge is -2.40. The molecule has 1 saturated heterocycles. The molecule has 1 aliphatic rings. The maximum atomic E-state index is 13.0. The standard InChI is InChI=1S/C56H103NO10/c1-3-5-7-9-11-13-14-20-24-28-32-36-40-44-52(61)65-45-41-37-33-29-25-22-19-17-15-16-18-21-23-27-31-35-39-43-51(60)57-48(49(59)42-38-34-30-26-12-10-8-6-4-2)47-66-56-55(64)54(63)53(62)50(46-58)67-56/h7,9,13-14,38,42,48-50,53-56,58-59,62-64H,3-6,8,10-12,15-37,39-41,43-47H2,1-2H3,(H,57,60)/b9-7-,14-13-,42-38+. The molecule has 0 aromatic heterocycles. The van der Waals surface area contributed by atoms with E-state index in [1.807, 2.05) is 6.08 Å². The third kappa shape index (κ3) is 36.5. The Morgan fingerprint density at radius 3 is 1.57 bits per heavy atom. The van der Waals surface area contributed by atoms with Gasteiger partial charge in [-0.15, -0.1) is 0 Å². The molecule has 0 saturated carbocycles. The molecule has 392 valence electrons. The maximum absolute atomic E-state index is 13.0. The molecule has 1 rings (SSSR count). The molecule has 11 heteroatoms. The van der Waals surface area contributed by atoms with E-state index < -0.39 is 49.5 Å². The van der Waals surface area contributed by atoms with Crippen LogP contribution in [0.2, 0.25) is 0 Å². The molecule has 0 spiro atoms. The Kier molecular flexibility index (Phi) is 43.4. The Labute approximate surface area is 409 Å². The second kappa shape index (κ2) is 46.3. The van der Waals surface area contributed by atoms with Crippen molar-refractivity contribution in [3.05, 3.63) is 36.5 Å². The Balaban J connectivity index is 2.06. The van der Waals surface area contributed by atoms with Crippen molar-refractivity contribution in [1.29, 1.82) is 0 Å². The van der Waals surface area contributed by atoms with Crippen molar-refractivity contribution >= 4 is 11.9 Å². The van der Waals surface area contributed by atoms with Crippen LogP contribution in [0.15, 0.2) is 36.5 Å². The van der Waals surface area contributed by atoms with E-state index >= 15 is 0 Å². The van der Waals surface area contributed by atoms with Gasteiger partial charge in [0.25, 0.3) is 0 Å². The summed E-state index contributed by atoms with van der Waals surface area (Å²) in [5.74, 6) is -0.218. The van der Waals surface area contributed by atoms with Gasteiger partial charge in [-0.25, -0.2) is 0 Å². The van der Waals surface area contributed by atoms with Gasteiger partial charge < -0.3 is 45.1 Å². The van der Waals surface area contributed by atoms with Gasteiger partial charge in [0.1, 0.15) is 24.4 Å². The predicted molar refractivity (Wildman–Crippen MR) is 274 cm³/mol. The summed E-state index contributed by atoms with van der Waals surface area (Å²) in [4.78, 5) is 25.0. The van der Waals surface area contributed by atoms with E-state index in [9.17, 15) is 35.1 Å². The van der Waals surface area contributed by atoms with E-state index in [1.165, 1.54) is 141 Å². The molecule has 7 unspecified atom stereocenters. The first-order valence-corrected chi connectivity index (χ1v) is 27.8. The summed E-state index contributed by atoms with van der Waals surface area (Å²) in [6.07, 6.45) is 45.2. The highest BCUT2D eigenvalue weighted by atomic mass is 16.7. The van der Waals surface area contributed by atoms with Crippen molar-refractivity contribution in [3.8, 4) is 0 Å². The molecule has 1 heterocycles. The number of esters is 1. The molecule has 1 fully saturated rings. The van der Waals surface area contributed by atoms with Crippen LogP contribution in [0, 0.1) is 0 Å². The van der Waals surface area contributed by atoms with E-state index in [0.29, 0.717) is 19.4 Å². The number of amides is 1. The summed E-state index contributed by atoms with van der Waals surface area (Å²) >= 11 is 0. The van der Waals surface area contributed by atoms with Gasteiger partial charge >= 0.3 is 5.97 Å². The Bertz CT molecular complexity index is 1210. The minimum Gasteiger partial charge on any atom is -0.466 e. The highest BCUT2D eigenvalue weighted by Gasteiger charge is 2.44. The van der Waals surface area contributed by atoms with E-state index in [1.54, 1.807) is 6.08 Å². The number of allylic oxidation sites excluding steroid dienone is 5. The van der Waals surface area contributed by atoms with E-state index in [0.717, 1.165) is 77.0 Å². The largest absolute Gasteiger partial charge is 0.466 e. The van der Waals surface area contributed by atoms with Crippen molar-refractivity contribution < 1.29 is 49.3 Å². The average Bonchev–Trinajstić information content (AvgIpc) is 3.32. The molecule has 0 aliphatic carbocycles. The first kappa shape index (κ1) is 62.9.